The van der Waals surface area contributed by atoms with Crippen molar-refractivity contribution < 1.29 is 4.79 Å². The SMILES string of the molecule is C[C@@H](N)[C@@H]1CCCN(C(=O)c2cccc(Cl)c2Cl)C1. The first-order valence-corrected chi connectivity index (χ1v) is 7.25. The molecule has 19 heavy (non-hydrogen) atoms. The highest BCUT2D eigenvalue weighted by molar-refractivity contribution is 6.43. The van der Waals surface area contributed by atoms with E-state index in [-0.39, 0.29) is 11.9 Å². The van der Waals surface area contributed by atoms with Crippen LogP contribution in [-0.4, -0.2) is 29.9 Å². The van der Waals surface area contributed by atoms with Crippen molar-refractivity contribution in [3.8, 4) is 0 Å². The number of amides is 1. The smallest absolute Gasteiger partial charge is 0.255 e. The Hall–Kier alpha value is -0.770. The third-order valence-corrected chi connectivity index (χ3v) is 4.49. The van der Waals surface area contributed by atoms with Crippen LogP contribution in [0, 0.1) is 5.92 Å². The average molecular weight is 301 g/mol. The molecule has 1 aliphatic rings. The quantitative estimate of drug-likeness (QED) is 0.912. The molecular formula is C14H18Cl2N2O. The van der Waals surface area contributed by atoms with Crippen molar-refractivity contribution in [1.82, 2.24) is 4.90 Å². The number of nitrogens with two attached hydrogens (primary N) is 1. The molecule has 1 heterocycles. The van der Waals surface area contributed by atoms with Crippen LogP contribution in [-0.2, 0) is 0 Å². The number of halogens is 2. The molecule has 1 aromatic carbocycles. The van der Waals surface area contributed by atoms with Crippen molar-refractivity contribution in [3.63, 3.8) is 0 Å². The Morgan fingerprint density at radius 3 is 2.89 bits per heavy atom. The summed E-state index contributed by atoms with van der Waals surface area (Å²) in [6.07, 6.45) is 2.06. The lowest BCUT2D eigenvalue weighted by atomic mass is 9.92. The minimum atomic E-state index is -0.0575. The first-order valence-electron chi connectivity index (χ1n) is 6.49. The van der Waals surface area contributed by atoms with Gasteiger partial charge < -0.3 is 10.6 Å². The summed E-state index contributed by atoms with van der Waals surface area (Å²) >= 11 is 12.1. The van der Waals surface area contributed by atoms with Crippen LogP contribution >= 0.6 is 23.2 Å². The van der Waals surface area contributed by atoms with Crippen LogP contribution in [0.25, 0.3) is 0 Å². The highest BCUT2D eigenvalue weighted by Crippen LogP contribution is 2.28. The average Bonchev–Trinajstić information content (AvgIpc) is 2.41. The molecule has 0 bridgehead atoms. The van der Waals surface area contributed by atoms with Gasteiger partial charge in [-0.05, 0) is 37.8 Å². The van der Waals surface area contributed by atoms with Gasteiger partial charge >= 0.3 is 0 Å². The molecule has 0 aliphatic carbocycles. The van der Waals surface area contributed by atoms with Crippen molar-refractivity contribution in [1.29, 1.82) is 0 Å². The van der Waals surface area contributed by atoms with E-state index in [9.17, 15) is 4.79 Å². The Labute approximate surface area is 123 Å². The van der Waals surface area contributed by atoms with Crippen LogP contribution < -0.4 is 5.73 Å². The molecule has 1 fully saturated rings. The summed E-state index contributed by atoms with van der Waals surface area (Å²) in [7, 11) is 0. The number of hydrogen-bond donors (Lipinski definition) is 1. The van der Waals surface area contributed by atoms with Gasteiger partial charge in [-0.1, -0.05) is 29.3 Å². The van der Waals surface area contributed by atoms with Gasteiger partial charge in [-0.3, -0.25) is 4.79 Å². The van der Waals surface area contributed by atoms with E-state index in [1.165, 1.54) is 0 Å². The van der Waals surface area contributed by atoms with Crippen LogP contribution in [0.5, 0.6) is 0 Å². The molecule has 0 unspecified atom stereocenters. The number of carbonyl (C=O) groups excluding carboxylic acids is 1. The van der Waals surface area contributed by atoms with Crippen LogP contribution in [0.3, 0.4) is 0 Å². The Morgan fingerprint density at radius 2 is 2.21 bits per heavy atom. The number of hydrogen-bond acceptors (Lipinski definition) is 2. The summed E-state index contributed by atoms with van der Waals surface area (Å²) in [5.74, 6) is 0.300. The molecule has 2 rings (SSSR count). The Kier molecular flexibility index (Phi) is 4.71. The fraction of sp³-hybridized carbons (Fsp3) is 0.500. The van der Waals surface area contributed by atoms with Gasteiger partial charge in [0, 0.05) is 19.1 Å². The van der Waals surface area contributed by atoms with E-state index in [2.05, 4.69) is 0 Å². The third-order valence-electron chi connectivity index (χ3n) is 3.67. The van der Waals surface area contributed by atoms with Crippen LogP contribution in [0.15, 0.2) is 18.2 Å². The van der Waals surface area contributed by atoms with Gasteiger partial charge in [-0.2, -0.15) is 0 Å². The maximum atomic E-state index is 12.5. The number of likely N-dealkylation sites (tertiary alicyclic amines) is 1. The Morgan fingerprint density at radius 1 is 1.47 bits per heavy atom. The zero-order valence-electron chi connectivity index (χ0n) is 10.9. The topological polar surface area (TPSA) is 46.3 Å². The molecule has 1 saturated heterocycles. The molecular weight excluding hydrogens is 283 g/mol. The fourth-order valence-electron chi connectivity index (χ4n) is 2.46. The van der Waals surface area contributed by atoms with E-state index < -0.39 is 0 Å². The molecule has 1 aromatic rings. The van der Waals surface area contributed by atoms with Gasteiger partial charge in [0.25, 0.3) is 5.91 Å². The number of piperidine rings is 1. The van der Waals surface area contributed by atoms with Gasteiger partial charge in [-0.15, -0.1) is 0 Å². The second kappa shape index (κ2) is 6.12. The Bertz CT molecular complexity index is 477. The summed E-state index contributed by atoms with van der Waals surface area (Å²) in [5, 5.41) is 0.741. The molecule has 104 valence electrons. The number of carbonyl (C=O) groups is 1. The molecule has 2 N–H and O–H groups in total. The zero-order valence-corrected chi connectivity index (χ0v) is 12.4. The standard InChI is InChI=1S/C14H18Cl2N2O/c1-9(17)10-4-3-7-18(8-10)14(19)11-5-2-6-12(15)13(11)16/h2,5-6,9-10H,3-4,7-8,17H2,1H3/t9-,10-/m1/s1. The predicted octanol–water partition coefficient (Wildman–Crippen LogP) is 3.19. The summed E-state index contributed by atoms with van der Waals surface area (Å²) in [4.78, 5) is 14.3. The van der Waals surface area contributed by atoms with Gasteiger partial charge in [-0.25, -0.2) is 0 Å². The minimum absolute atomic E-state index is 0.0575. The van der Waals surface area contributed by atoms with E-state index >= 15 is 0 Å². The van der Waals surface area contributed by atoms with Crippen LogP contribution in [0.1, 0.15) is 30.1 Å². The molecule has 0 spiro atoms. The minimum Gasteiger partial charge on any atom is -0.338 e. The molecule has 1 aliphatic heterocycles. The predicted molar refractivity (Wildman–Crippen MR) is 78.7 cm³/mol. The fourth-order valence-corrected chi connectivity index (χ4v) is 2.84. The molecule has 0 saturated carbocycles. The third kappa shape index (κ3) is 3.22. The van der Waals surface area contributed by atoms with Crippen molar-refractivity contribution in [2.75, 3.05) is 13.1 Å². The number of nitrogens with zero attached hydrogens (tertiary/aromatic N) is 1. The number of rotatable bonds is 2. The lowest BCUT2D eigenvalue weighted by Gasteiger charge is -2.34. The van der Waals surface area contributed by atoms with E-state index in [4.69, 9.17) is 28.9 Å². The van der Waals surface area contributed by atoms with E-state index in [1.54, 1.807) is 18.2 Å². The lowest BCUT2D eigenvalue weighted by molar-refractivity contribution is 0.0661. The van der Waals surface area contributed by atoms with Crippen molar-refractivity contribution >= 4 is 29.1 Å². The summed E-state index contributed by atoms with van der Waals surface area (Å²) in [6.45, 7) is 3.44. The monoisotopic (exact) mass is 300 g/mol. The van der Waals surface area contributed by atoms with Gasteiger partial charge in [0.1, 0.15) is 0 Å². The van der Waals surface area contributed by atoms with Crippen LogP contribution in [0.4, 0.5) is 0 Å². The van der Waals surface area contributed by atoms with E-state index in [0.29, 0.717) is 28.1 Å². The maximum absolute atomic E-state index is 12.5. The first kappa shape index (κ1) is 14.6. The first-order chi connectivity index (χ1) is 9.00. The second-order valence-corrected chi connectivity index (χ2v) is 5.90. The second-order valence-electron chi connectivity index (χ2n) is 5.11. The summed E-state index contributed by atoms with van der Waals surface area (Å²) < 4.78 is 0. The molecule has 0 aromatic heterocycles. The summed E-state index contributed by atoms with van der Waals surface area (Å²) in [5.41, 5.74) is 6.41. The molecule has 2 atom stereocenters. The highest BCUT2D eigenvalue weighted by atomic mass is 35.5. The maximum Gasteiger partial charge on any atom is 0.255 e. The molecule has 3 nitrogen and oxygen atoms in total. The van der Waals surface area contributed by atoms with Crippen LogP contribution in [0.2, 0.25) is 10.0 Å². The van der Waals surface area contributed by atoms with Gasteiger partial charge in [0.2, 0.25) is 0 Å². The van der Waals surface area contributed by atoms with Crippen molar-refractivity contribution in [2.45, 2.75) is 25.8 Å². The van der Waals surface area contributed by atoms with E-state index in [1.807, 2.05) is 11.8 Å². The molecule has 5 heteroatoms. The summed E-state index contributed by atoms with van der Waals surface area (Å²) in [6, 6.07) is 5.24. The molecule has 0 radical (unpaired) electrons. The largest absolute Gasteiger partial charge is 0.338 e. The number of benzene rings is 1. The van der Waals surface area contributed by atoms with Gasteiger partial charge in [0.15, 0.2) is 0 Å². The highest BCUT2D eigenvalue weighted by Gasteiger charge is 2.27. The van der Waals surface area contributed by atoms with Gasteiger partial charge in [0.05, 0.1) is 15.6 Å². The normalized spacial score (nSPS) is 21.3. The Balaban J connectivity index is 2.17. The molecule has 1 amide bonds. The van der Waals surface area contributed by atoms with E-state index in [0.717, 1.165) is 19.4 Å². The zero-order chi connectivity index (χ0) is 14.0. The van der Waals surface area contributed by atoms with Crippen molar-refractivity contribution in [2.24, 2.45) is 11.7 Å². The van der Waals surface area contributed by atoms with Crippen molar-refractivity contribution in [3.05, 3.63) is 33.8 Å². The lowest BCUT2D eigenvalue weighted by Crippen LogP contribution is -2.45.